The molecule has 4 bridgehead atoms. The molecule has 0 aliphatic heterocycles. The summed E-state index contributed by atoms with van der Waals surface area (Å²) in [6, 6.07) is 18.1. The number of thiocarbonyl (C=S) groups is 1. The number of rotatable bonds is 6. The lowest BCUT2D eigenvalue weighted by Gasteiger charge is -2.57. The van der Waals surface area contributed by atoms with Gasteiger partial charge in [-0.15, -0.1) is 0 Å². The van der Waals surface area contributed by atoms with E-state index in [-0.39, 0.29) is 5.54 Å². The highest BCUT2D eigenvalue weighted by Crippen LogP contribution is 2.55. The van der Waals surface area contributed by atoms with Gasteiger partial charge < -0.3 is 10.1 Å². The normalized spacial score (nSPS) is 29.1. The molecule has 4 aliphatic carbocycles. The Morgan fingerprint density at radius 2 is 1.70 bits per heavy atom. The highest BCUT2D eigenvalue weighted by Gasteiger charge is 2.51. The lowest BCUT2D eigenvalue weighted by atomic mass is 9.53. The molecule has 4 nitrogen and oxygen atoms in total. The van der Waals surface area contributed by atoms with Crippen molar-refractivity contribution in [1.29, 1.82) is 0 Å². The average Bonchev–Trinajstić information content (AvgIpc) is 2.72. The fraction of sp³-hybridized carbons (Fsp3) is 0.440. The van der Waals surface area contributed by atoms with Gasteiger partial charge in [0.05, 0.1) is 6.21 Å². The van der Waals surface area contributed by atoms with Crippen molar-refractivity contribution < 1.29 is 4.74 Å². The fourth-order valence-electron chi connectivity index (χ4n) is 6.12. The number of benzene rings is 2. The second kappa shape index (κ2) is 8.38. The maximum atomic E-state index is 5.90. The molecule has 0 unspecified atom stereocenters. The first-order chi connectivity index (χ1) is 14.7. The Balaban J connectivity index is 1.14. The van der Waals surface area contributed by atoms with Crippen LogP contribution in [0, 0.1) is 17.8 Å². The number of hydrogen-bond donors (Lipinski definition) is 2. The molecule has 4 aliphatic rings. The van der Waals surface area contributed by atoms with Crippen LogP contribution in [0.3, 0.4) is 0 Å². The smallest absolute Gasteiger partial charge is 0.187 e. The second-order valence-corrected chi connectivity index (χ2v) is 9.78. The molecule has 0 heterocycles. The van der Waals surface area contributed by atoms with E-state index in [1.807, 2.05) is 42.5 Å². The van der Waals surface area contributed by atoms with Gasteiger partial charge in [-0.05, 0) is 91.8 Å². The van der Waals surface area contributed by atoms with Crippen molar-refractivity contribution in [3.05, 3.63) is 65.7 Å². The molecule has 0 saturated heterocycles. The Kier molecular flexibility index (Phi) is 5.47. The Bertz CT molecular complexity index is 892. The summed E-state index contributed by atoms with van der Waals surface area (Å²) in [4.78, 5) is 0. The topological polar surface area (TPSA) is 45.7 Å². The van der Waals surface area contributed by atoms with Crippen LogP contribution >= 0.6 is 12.2 Å². The molecular weight excluding hydrogens is 390 g/mol. The maximum absolute atomic E-state index is 5.90. The zero-order valence-corrected chi connectivity index (χ0v) is 18.0. The second-order valence-electron chi connectivity index (χ2n) is 9.37. The molecule has 5 heteroatoms. The first kappa shape index (κ1) is 19.6. The number of nitrogens with zero attached hydrogens (tertiary/aromatic N) is 1. The summed E-state index contributed by atoms with van der Waals surface area (Å²) in [6.07, 6.45) is 9.90. The van der Waals surface area contributed by atoms with Crippen LogP contribution in [-0.4, -0.2) is 16.9 Å². The average molecular weight is 420 g/mol. The minimum atomic E-state index is 0.208. The number of nitrogens with one attached hydrogen (secondary N) is 2. The first-order valence-corrected chi connectivity index (χ1v) is 11.4. The summed E-state index contributed by atoms with van der Waals surface area (Å²) in [5, 5.41) is 8.65. The third kappa shape index (κ3) is 4.51. The van der Waals surface area contributed by atoms with Crippen molar-refractivity contribution in [3.8, 4) is 5.75 Å². The summed E-state index contributed by atoms with van der Waals surface area (Å²) >= 11 is 5.57. The van der Waals surface area contributed by atoms with Crippen LogP contribution in [0.1, 0.15) is 49.7 Å². The van der Waals surface area contributed by atoms with Gasteiger partial charge in [0.25, 0.3) is 0 Å². The van der Waals surface area contributed by atoms with Crippen molar-refractivity contribution in [1.82, 2.24) is 10.7 Å². The summed E-state index contributed by atoms with van der Waals surface area (Å²) in [5.41, 5.74) is 5.37. The molecular formula is C25H29N3OS. The molecule has 0 atom stereocenters. The van der Waals surface area contributed by atoms with Gasteiger partial charge in [0.1, 0.15) is 12.4 Å². The predicted molar refractivity (Wildman–Crippen MR) is 125 cm³/mol. The lowest BCUT2D eigenvalue weighted by molar-refractivity contribution is -0.0101. The van der Waals surface area contributed by atoms with E-state index in [1.54, 1.807) is 6.21 Å². The maximum Gasteiger partial charge on any atom is 0.187 e. The Hall–Kier alpha value is -2.40. The van der Waals surface area contributed by atoms with Crippen molar-refractivity contribution in [2.24, 2.45) is 22.9 Å². The van der Waals surface area contributed by atoms with Crippen molar-refractivity contribution >= 4 is 23.5 Å². The summed E-state index contributed by atoms with van der Waals surface area (Å²) in [6.45, 7) is 0.554. The summed E-state index contributed by atoms with van der Waals surface area (Å²) < 4.78 is 5.90. The minimum Gasteiger partial charge on any atom is -0.489 e. The summed E-state index contributed by atoms with van der Waals surface area (Å²) in [5.74, 6) is 3.52. The van der Waals surface area contributed by atoms with E-state index in [4.69, 9.17) is 17.0 Å². The number of ether oxygens (including phenoxy) is 1. The van der Waals surface area contributed by atoms with Crippen molar-refractivity contribution in [2.75, 3.05) is 0 Å². The van der Waals surface area contributed by atoms with Crippen LogP contribution in [0.5, 0.6) is 5.75 Å². The minimum absolute atomic E-state index is 0.208. The van der Waals surface area contributed by atoms with E-state index in [9.17, 15) is 0 Å². The SMILES string of the molecule is S=C(N/N=C/c1cccc(OCc2ccccc2)c1)NC12CC3CC(CC(C3)C1)C2. The Labute approximate surface area is 184 Å². The zero-order valence-electron chi connectivity index (χ0n) is 17.2. The molecule has 4 saturated carbocycles. The Morgan fingerprint density at radius 1 is 1.00 bits per heavy atom. The largest absolute Gasteiger partial charge is 0.489 e. The van der Waals surface area contributed by atoms with Crippen molar-refractivity contribution in [2.45, 2.75) is 50.7 Å². The third-order valence-electron chi connectivity index (χ3n) is 6.90. The molecule has 4 fully saturated rings. The monoisotopic (exact) mass is 419 g/mol. The van der Waals surface area contributed by atoms with Crippen LogP contribution in [0.15, 0.2) is 59.7 Å². The van der Waals surface area contributed by atoms with E-state index in [1.165, 1.54) is 38.5 Å². The quantitative estimate of drug-likeness (QED) is 0.391. The van der Waals surface area contributed by atoms with Crippen LogP contribution in [-0.2, 0) is 6.61 Å². The predicted octanol–water partition coefficient (Wildman–Crippen LogP) is 5.03. The fourth-order valence-corrected chi connectivity index (χ4v) is 6.39. The van der Waals surface area contributed by atoms with Crippen LogP contribution in [0.4, 0.5) is 0 Å². The molecule has 2 N–H and O–H groups in total. The van der Waals surface area contributed by atoms with Gasteiger partial charge in [0.2, 0.25) is 0 Å². The Morgan fingerprint density at radius 3 is 2.40 bits per heavy atom. The van der Waals surface area contributed by atoms with Crippen LogP contribution in [0.2, 0.25) is 0 Å². The molecule has 156 valence electrons. The molecule has 0 amide bonds. The molecule has 2 aromatic rings. The van der Waals surface area contributed by atoms with Gasteiger partial charge in [-0.3, -0.25) is 5.43 Å². The van der Waals surface area contributed by atoms with Crippen LogP contribution in [0.25, 0.3) is 0 Å². The van der Waals surface area contributed by atoms with E-state index >= 15 is 0 Å². The van der Waals surface area contributed by atoms with Crippen molar-refractivity contribution in [3.63, 3.8) is 0 Å². The lowest BCUT2D eigenvalue weighted by Crippen LogP contribution is -2.61. The molecule has 30 heavy (non-hydrogen) atoms. The first-order valence-electron chi connectivity index (χ1n) is 11.0. The number of hydrogen-bond acceptors (Lipinski definition) is 3. The van der Waals surface area contributed by atoms with E-state index in [0.717, 1.165) is 34.6 Å². The molecule has 0 aromatic heterocycles. The van der Waals surface area contributed by atoms with Crippen LogP contribution < -0.4 is 15.5 Å². The standard InChI is InChI=1S/C25H29N3OS/c30-24(27-25-13-20-9-21(14-25)11-22(10-20)15-25)28-26-16-19-7-4-8-23(12-19)29-17-18-5-2-1-3-6-18/h1-8,12,16,20-22H,9-11,13-15,17H2,(H2,27,28,30)/b26-16+. The molecule has 6 rings (SSSR count). The van der Waals surface area contributed by atoms with Gasteiger partial charge in [-0.2, -0.15) is 5.10 Å². The van der Waals surface area contributed by atoms with E-state index in [2.05, 4.69) is 28.0 Å². The van der Waals surface area contributed by atoms with E-state index in [0.29, 0.717) is 11.7 Å². The molecule has 0 spiro atoms. The van der Waals surface area contributed by atoms with E-state index < -0.39 is 0 Å². The zero-order chi connectivity index (χ0) is 20.4. The van der Waals surface area contributed by atoms with Gasteiger partial charge >= 0.3 is 0 Å². The highest BCUT2D eigenvalue weighted by atomic mass is 32.1. The molecule has 2 aromatic carbocycles. The summed E-state index contributed by atoms with van der Waals surface area (Å²) in [7, 11) is 0. The van der Waals surface area contributed by atoms with Gasteiger partial charge in [0.15, 0.2) is 5.11 Å². The molecule has 0 radical (unpaired) electrons. The van der Waals surface area contributed by atoms with Gasteiger partial charge in [0, 0.05) is 5.54 Å². The van der Waals surface area contributed by atoms with Gasteiger partial charge in [-0.25, -0.2) is 0 Å². The third-order valence-corrected chi connectivity index (χ3v) is 7.10. The number of hydrazone groups is 1. The highest BCUT2D eigenvalue weighted by molar-refractivity contribution is 7.80. The van der Waals surface area contributed by atoms with Gasteiger partial charge in [-0.1, -0.05) is 42.5 Å².